The molecule has 1 atom stereocenters. The molecule has 0 spiro atoms. The second kappa shape index (κ2) is 5.72. The average molecular weight is 297 g/mol. The number of amides is 1. The minimum atomic E-state index is -0.148. The first-order valence-electron chi connectivity index (χ1n) is 7.35. The molecule has 0 aliphatic heterocycles. The molecule has 3 rings (SSSR count). The van der Waals surface area contributed by atoms with Gasteiger partial charge < -0.3 is 14.2 Å². The highest BCUT2D eigenvalue weighted by Gasteiger charge is 2.15. The summed E-state index contributed by atoms with van der Waals surface area (Å²) in [4.78, 5) is 12.2. The molecule has 1 amide bonds. The first-order chi connectivity index (χ1) is 10.6. The van der Waals surface area contributed by atoms with Crippen LogP contribution in [0.4, 0.5) is 0 Å². The normalized spacial score (nSPS) is 12.5. The van der Waals surface area contributed by atoms with Gasteiger partial charge in [-0.3, -0.25) is 4.79 Å². The van der Waals surface area contributed by atoms with Crippen molar-refractivity contribution in [2.75, 3.05) is 0 Å². The van der Waals surface area contributed by atoms with E-state index in [1.807, 2.05) is 32.0 Å². The molecule has 2 aromatic heterocycles. The summed E-state index contributed by atoms with van der Waals surface area (Å²) >= 11 is 0. The number of aryl methyl sites for hydroxylation is 2. The Hall–Kier alpha value is -2.49. The largest absolute Gasteiger partial charge is 0.467 e. The van der Waals surface area contributed by atoms with Crippen LogP contribution in [0.3, 0.4) is 0 Å². The fraction of sp³-hybridized carbons (Fsp3) is 0.278. The molecule has 2 heterocycles. The van der Waals surface area contributed by atoms with Gasteiger partial charge in [-0.05, 0) is 44.0 Å². The van der Waals surface area contributed by atoms with Gasteiger partial charge in [0.05, 0.1) is 25.0 Å². The number of carbonyl (C=O) groups excluding carboxylic acids is 1. The molecule has 1 N–H and O–H groups in total. The highest BCUT2D eigenvalue weighted by Crippen LogP contribution is 2.26. The quantitative estimate of drug-likeness (QED) is 0.790. The van der Waals surface area contributed by atoms with E-state index in [-0.39, 0.29) is 11.9 Å². The van der Waals surface area contributed by atoms with Crippen LogP contribution in [-0.2, 0) is 11.2 Å². The van der Waals surface area contributed by atoms with Crippen molar-refractivity contribution in [3.63, 3.8) is 0 Å². The summed E-state index contributed by atoms with van der Waals surface area (Å²) in [6.45, 7) is 5.98. The monoisotopic (exact) mass is 297 g/mol. The number of hydrogen-bond acceptors (Lipinski definition) is 3. The fourth-order valence-electron chi connectivity index (χ4n) is 2.60. The van der Waals surface area contributed by atoms with Crippen LogP contribution >= 0.6 is 0 Å². The third-order valence-corrected chi connectivity index (χ3v) is 4.04. The Morgan fingerprint density at radius 1 is 1.23 bits per heavy atom. The van der Waals surface area contributed by atoms with Crippen molar-refractivity contribution in [1.82, 2.24) is 5.32 Å². The Bertz CT molecular complexity index is 799. The lowest BCUT2D eigenvalue weighted by Gasteiger charge is -2.11. The summed E-state index contributed by atoms with van der Waals surface area (Å²) in [5.74, 6) is 0.696. The SMILES string of the molecule is Cc1ccc2c(CC(=O)NC(C)c3ccco3)coc2c1C. The third kappa shape index (κ3) is 2.64. The molecule has 4 heteroatoms. The number of rotatable bonds is 4. The Kier molecular flexibility index (Phi) is 3.75. The molecule has 114 valence electrons. The van der Waals surface area contributed by atoms with E-state index >= 15 is 0 Å². The van der Waals surface area contributed by atoms with Gasteiger partial charge in [0.2, 0.25) is 5.91 Å². The average Bonchev–Trinajstić information content (AvgIpc) is 3.13. The highest BCUT2D eigenvalue weighted by atomic mass is 16.3. The minimum Gasteiger partial charge on any atom is -0.467 e. The van der Waals surface area contributed by atoms with Crippen LogP contribution in [0.15, 0.2) is 45.6 Å². The Balaban J connectivity index is 1.76. The number of benzene rings is 1. The predicted octanol–water partition coefficient (Wildman–Crippen LogP) is 4.06. The number of nitrogens with one attached hydrogen (secondary N) is 1. The Morgan fingerprint density at radius 3 is 2.77 bits per heavy atom. The van der Waals surface area contributed by atoms with Crippen LogP contribution < -0.4 is 5.32 Å². The van der Waals surface area contributed by atoms with E-state index in [9.17, 15) is 4.79 Å². The van der Waals surface area contributed by atoms with Gasteiger partial charge in [0.25, 0.3) is 0 Å². The van der Waals surface area contributed by atoms with Crippen molar-refractivity contribution < 1.29 is 13.6 Å². The molecule has 22 heavy (non-hydrogen) atoms. The standard InChI is InChI=1S/C18H19NO3/c1-11-6-7-15-14(10-22-18(15)12(11)2)9-17(20)19-13(3)16-5-4-8-21-16/h4-8,10,13H,9H2,1-3H3,(H,19,20). The van der Waals surface area contributed by atoms with Crippen LogP contribution in [0.2, 0.25) is 0 Å². The van der Waals surface area contributed by atoms with Crippen molar-refractivity contribution in [2.45, 2.75) is 33.2 Å². The lowest BCUT2D eigenvalue weighted by atomic mass is 10.0. The van der Waals surface area contributed by atoms with Gasteiger partial charge in [-0.1, -0.05) is 12.1 Å². The molecule has 0 fully saturated rings. The van der Waals surface area contributed by atoms with E-state index in [0.29, 0.717) is 6.42 Å². The van der Waals surface area contributed by atoms with E-state index in [4.69, 9.17) is 8.83 Å². The summed E-state index contributed by atoms with van der Waals surface area (Å²) in [6, 6.07) is 7.58. The van der Waals surface area contributed by atoms with Gasteiger partial charge in [-0.2, -0.15) is 0 Å². The smallest absolute Gasteiger partial charge is 0.225 e. The Morgan fingerprint density at radius 2 is 2.05 bits per heavy atom. The topological polar surface area (TPSA) is 55.4 Å². The second-order valence-corrected chi connectivity index (χ2v) is 5.63. The molecular formula is C18H19NO3. The van der Waals surface area contributed by atoms with E-state index in [1.165, 1.54) is 5.56 Å². The van der Waals surface area contributed by atoms with Gasteiger partial charge in [0.1, 0.15) is 11.3 Å². The molecule has 0 radical (unpaired) electrons. The van der Waals surface area contributed by atoms with Crippen LogP contribution in [0.5, 0.6) is 0 Å². The fourth-order valence-corrected chi connectivity index (χ4v) is 2.60. The van der Waals surface area contributed by atoms with Gasteiger partial charge in [-0.25, -0.2) is 0 Å². The van der Waals surface area contributed by atoms with Crippen molar-refractivity contribution in [3.05, 3.63) is 59.2 Å². The molecule has 0 bridgehead atoms. The lowest BCUT2D eigenvalue weighted by molar-refractivity contribution is -0.121. The van der Waals surface area contributed by atoms with E-state index in [2.05, 4.69) is 18.3 Å². The molecule has 0 saturated carbocycles. The maximum Gasteiger partial charge on any atom is 0.225 e. The van der Waals surface area contributed by atoms with E-state index < -0.39 is 0 Å². The zero-order valence-electron chi connectivity index (χ0n) is 13.0. The molecule has 1 aromatic carbocycles. The van der Waals surface area contributed by atoms with Gasteiger partial charge in [0.15, 0.2) is 0 Å². The summed E-state index contributed by atoms with van der Waals surface area (Å²) in [5, 5.41) is 3.94. The van der Waals surface area contributed by atoms with Gasteiger partial charge in [0, 0.05) is 10.9 Å². The first-order valence-corrected chi connectivity index (χ1v) is 7.35. The summed E-state index contributed by atoms with van der Waals surface area (Å²) in [7, 11) is 0. The molecule has 3 aromatic rings. The Labute approximate surface area is 129 Å². The minimum absolute atomic E-state index is 0.0511. The maximum absolute atomic E-state index is 12.2. The lowest BCUT2D eigenvalue weighted by Crippen LogP contribution is -2.27. The van der Waals surface area contributed by atoms with Crippen molar-refractivity contribution in [2.24, 2.45) is 0 Å². The third-order valence-electron chi connectivity index (χ3n) is 4.04. The number of carbonyl (C=O) groups is 1. The van der Waals surface area contributed by atoms with Crippen molar-refractivity contribution >= 4 is 16.9 Å². The van der Waals surface area contributed by atoms with Crippen molar-refractivity contribution in [1.29, 1.82) is 0 Å². The molecule has 4 nitrogen and oxygen atoms in total. The predicted molar refractivity (Wildman–Crippen MR) is 84.7 cm³/mol. The maximum atomic E-state index is 12.2. The molecular weight excluding hydrogens is 278 g/mol. The zero-order valence-corrected chi connectivity index (χ0v) is 13.0. The van der Waals surface area contributed by atoms with Crippen LogP contribution in [-0.4, -0.2) is 5.91 Å². The zero-order chi connectivity index (χ0) is 15.7. The number of furan rings is 2. The van der Waals surface area contributed by atoms with Gasteiger partial charge >= 0.3 is 0 Å². The van der Waals surface area contributed by atoms with Crippen LogP contribution in [0, 0.1) is 13.8 Å². The summed E-state index contributed by atoms with van der Waals surface area (Å²) < 4.78 is 10.9. The first kappa shape index (κ1) is 14.4. The molecule has 0 saturated heterocycles. The van der Waals surface area contributed by atoms with E-state index in [1.54, 1.807) is 12.5 Å². The molecule has 0 aliphatic rings. The highest BCUT2D eigenvalue weighted by molar-refractivity contribution is 5.89. The summed E-state index contributed by atoms with van der Waals surface area (Å²) in [5.41, 5.74) is 4.07. The van der Waals surface area contributed by atoms with Gasteiger partial charge in [-0.15, -0.1) is 0 Å². The second-order valence-electron chi connectivity index (χ2n) is 5.63. The van der Waals surface area contributed by atoms with E-state index in [0.717, 1.165) is 27.9 Å². The number of hydrogen-bond donors (Lipinski definition) is 1. The molecule has 0 aliphatic carbocycles. The summed E-state index contributed by atoms with van der Waals surface area (Å²) in [6.07, 6.45) is 3.57. The van der Waals surface area contributed by atoms with Crippen LogP contribution in [0.1, 0.15) is 35.4 Å². The van der Waals surface area contributed by atoms with Crippen molar-refractivity contribution in [3.8, 4) is 0 Å². The van der Waals surface area contributed by atoms with Crippen LogP contribution in [0.25, 0.3) is 11.0 Å². The number of fused-ring (bicyclic) bond motifs is 1. The molecule has 1 unspecified atom stereocenters.